The van der Waals surface area contributed by atoms with Crippen LogP contribution in [-0.2, 0) is 22.3 Å². The molecule has 21 heavy (non-hydrogen) atoms. The molecule has 2 aromatic carbocycles. The lowest BCUT2D eigenvalue weighted by Crippen LogP contribution is -2.25. The molecule has 0 aliphatic rings. The van der Waals surface area contributed by atoms with E-state index in [1.165, 1.54) is 6.07 Å². The van der Waals surface area contributed by atoms with Crippen LogP contribution in [0.15, 0.2) is 46.9 Å². The van der Waals surface area contributed by atoms with Crippen molar-refractivity contribution in [1.29, 1.82) is 0 Å². The number of benzene rings is 2. The SMILES string of the molecule is Nc1cccc(CS(=O)(=O)NCc2cc(Br)ccc2F)c1. The molecular weight excluding hydrogens is 359 g/mol. The first-order chi connectivity index (χ1) is 9.85. The quantitative estimate of drug-likeness (QED) is 0.792. The van der Waals surface area contributed by atoms with Gasteiger partial charge >= 0.3 is 0 Å². The second-order valence-corrected chi connectivity index (χ2v) is 7.28. The molecule has 0 atom stereocenters. The van der Waals surface area contributed by atoms with Crippen molar-refractivity contribution in [2.45, 2.75) is 12.3 Å². The zero-order chi connectivity index (χ0) is 15.5. The van der Waals surface area contributed by atoms with E-state index in [9.17, 15) is 12.8 Å². The number of rotatable bonds is 5. The summed E-state index contributed by atoms with van der Waals surface area (Å²) in [6.45, 7) is -0.101. The Bertz CT molecular complexity index is 750. The lowest BCUT2D eigenvalue weighted by molar-refractivity contribution is 0.573. The highest BCUT2D eigenvalue weighted by molar-refractivity contribution is 9.10. The maximum absolute atomic E-state index is 13.6. The van der Waals surface area contributed by atoms with Crippen LogP contribution in [0.5, 0.6) is 0 Å². The highest BCUT2D eigenvalue weighted by atomic mass is 79.9. The fraction of sp³-hybridized carbons (Fsp3) is 0.143. The van der Waals surface area contributed by atoms with E-state index < -0.39 is 15.8 Å². The van der Waals surface area contributed by atoms with Crippen LogP contribution in [0.1, 0.15) is 11.1 Å². The molecule has 2 rings (SSSR count). The van der Waals surface area contributed by atoms with Crippen LogP contribution in [0.2, 0.25) is 0 Å². The van der Waals surface area contributed by atoms with Crippen LogP contribution in [0.3, 0.4) is 0 Å². The lowest BCUT2D eigenvalue weighted by atomic mass is 10.2. The predicted octanol–water partition coefficient (Wildman–Crippen LogP) is 2.79. The smallest absolute Gasteiger partial charge is 0.216 e. The molecule has 0 aromatic heterocycles. The first kappa shape index (κ1) is 15.9. The first-order valence-corrected chi connectivity index (χ1v) is 8.56. The average Bonchev–Trinajstić information content (AvgIpc) is 2.39. The number of nitrogen functional groups attached to an aromatic ring is 1. The zero-order valence-corrected chi connectivity index (χ0v) is 13.4. The Labute approximate surface area is 131 Å². The molecule has 0 unspecified atom stereocenters. The van der Waals surface area contributed by atoms with E-state index in [1.807, 2.05) is 0 Å². The summed E-state index contributed by atoms with van der Waals surface area (Å²) < 4.78 is 40.6. The van der Waals surface area contributed by atoms with E-state index in [0.717, 1.165) is 0 Å². The van der Waals surface area contributed by atoms with Crippen molar-refractivity contribution >= 4 is 31.6 Å². The van der Waals surface area contributed by atoms with E-state index in [4.69, 9.17) is 5.73 Å². The van der Waals surface area contributed by atoms with Crippen molar-refractivity contribution in [3.05, 3.63) is 63.9 Å². The maximum atomic E-state index is 13.6. The molecule has 4 nitrogen and oxygen atoms in total. The monoisotopic (exact) mass is 372 g/mol. The Hall–Kier alpha value is -1.44. The van der Waals surface area contributed by atoms with Gasteiger partial charge in [0.05, 0.1) is 5.75 Å². The molecule has 0 fully saturated rings. The average molecular weight is 373 g/mol. The minimum absolute atomic E-state index is 0.101. The normalized spacial score (nSPS) is 11.5. The van der Waals surface area contributed by atoms with E-state index >= 15 is 0 Å². The molecule has 0 heterocycles. The molecule has 0 aliphatic heterocycles. The number of hydrogen-bond acceptors (Lipinski definition) is 3. The van der Waals surface area contributed by atoms with Crippen LogP contribution in [0.4, 0.5) is 10.1 Å². The van der Waals surface area contributed by atoms with Gasteiger partial charge in [-0.1, -0.05) is 28.1 Å². The molecule has 3 N–H and O–H groups in total. The summed E-state index contributed by atoms with van der Waals surface area (Å²) >= 11 is 3.22. The molecule has 0 saturated heterocycles. The number of nitrogens with one attached hydrogen (secondary N) is 1. The topological polar surface area (TPSA) is 72.2 Å². The van der Waals surface area contributed by atoms with Crippen LogP contribution < -0.4 is 10.5 Å². The first-order valence-electron chi connectivity index (χ1n) is 6.11. The second kappa shape index (κ2) is 6.55. The van der Waals surface area contributed by atoms with Gasteiger partial charge < -0.3 is 5.73 Å². The highest BCUT2D eigenvalue weighted by Crippen LogP contribution is 2.16. The third-order valence-corrected chi connectivity index (χ3v) is 4.59. The summed E-state index contributed by atoms with van der Waals surface area (Å²) in [6, 6.07) is 11.0. The van der Waals surface area contributed by atoms with Gasteiger partial charge in [0.2, 0.25) is 10.0 Å². The van der Waals surface area contributed by atoms with Crippen LogP contribution >= 0.6 is 15.9 Å². The molecule has 0 aliphatic carbocycles. The van der Waals surface area contributed by atoms with Gasteiger partial charge in [0, 0.05) is 22.3 Å². The van der Waals surface area contributed by atoms with E-state index in [2.05, 4.69) is 20.7 Å². The molecule has 2 aromatic rings. The third kappa shape index (κ3) is 4.80. The number of halogens is 2. The van der Waals surface area contributed by atoms with Crippen molar-refractivity contribution < 1.29 is 12.8 Å². The van der Waals surface area contributed by atoms with E-state index in [-0.39, 0.29) is 17.9 Å². The van der Waals surface area contributed by atoms with Crippen LogP contribution in [0.25, 0.3) is 0 Å². The molecule has 0 bridgehead atoms. The van der Waals surface area contributed by atoms with Crippen molar-refractivity contribution in [3.8, 4) is 0 Å². The van der Waals surface area contributed by atoms with Crippen LogP contribution in [-0.4, -0.2) is 8.42 Å². The largest absolute Gasteiger partial charge is 0.399 e. The molecule has 0 amide bonds. The van der Waals surface area contributed by atoms with Crippen molar-refractivity contribution in [2.75, 3.05) is 5.73 Å². The Morgan fingerprint density at radius 2 is 1.95 bits per heavy atom. The molecule has 112 valence electrons. The minimum atomic E-state index is -3.57. The van der Waals surface area contributed by atoms with E-state index in [1.54, 1.807) is 36.4 Å². The number of sulfonamides is 1. The molecule has 0 radical (unpaired) electrons. The number of nitrogens with two attached hydrogens (primary N) is 1. The minimum Gasteiger partial charge on any atom is -0.399 e. The summed E-state index contributed by atoms with van der Waals surface area (Å²) in [6.07, 6.45) is 0. The lowest BCUT2D eigenvalue weighted by Gasteiger charge is -2.08. The van der Waals surface area contributed by atoms with Gasteiger partial charge in [-0.25, -0.2) is 17.5 Å². The van der Waals surface area contributed by atoms with Gasteiger partial charge in [0.25, 0.3) is 0 Å². The maximum Gasteiger partial charge on any atom is 0.216 e. The molecule has 7 heteroatoms. The van der Waals surface area contributed by atoms with Gasteiger partial charge in [0.1, 0.15) is 5.82 Å². The van der Waals surface area contributed by atoms with E-state index in [0.29, 0.717) is 15.7 Å². The standard InChI is InChI=1S/C14H14BrFN2O2S/c15-12-4-5-14(16)11(7-12)8-18-21(19,20)9-10-2-1-3-13(17)6-10/h1-7,18H,8-9,17H2. The predicted molar refractivity (Wildman–Crippen MR) is 84.4 cm³/mol. The van der Waals surface area contributed by atoms with Crippen molar-refractivity contribution in [2.24, 2.45) is 0 Å². The molecular formula is C14H14BrFN2O2S. The van der Waals surface area contributed by atoms with Gasteiger partial charge in [-0.2, -0.15) is 0 Å². The summed E-state index contributed by atoms with van der Waals surface area (Å²) in [4.78, 5) is 0. The number of anilines is 1. The Morgan fingerprint density at radius 3 is 2.67 bits per heavy atom. The van der Waals surface area contributed by atoms with Crippen molar-refractivity contribution in [1.82, 2.24) is 4.72 Å². The van der Waals surface area contributed by atoms with Gasteiger partial charge in [-0.05, 0) is 35.9 Å². The second-order valence-electron chi connectivity index (χ2n) is 4.56. The summed E-state index contributed by atoms with van der Waals surface area (Å²) in [7, 11) is -3.57. The van der Waals surface area contributed by atoms with Gasteiger partial charge in [-0.3, -0.25) is 0 Å². The Balaban J connectivity index is 2.06. The zero-order valence-electron chi connectivity index (χ0n) is 11.0. The third-order valence-electron chi connectivity index (χ3n) is 2.80. The van der Waals surface area contributed by atoms with Crippen molar-refractivity contribution in [3.63, 3.8) is 0 Å². The summed E-state index contributed by atoms with van der Waals surface area (Å²) in [5.74, 6) is -0.655. The number of hydrogen-bond donors (Lipinski definition) is 2. The summed E-state index contributed by atoms with van der Waals surface area (Å²) in [5.41, 5.74) is 6.97. The highest BCUT2D eigenvalue weighted by Gasteiger charge is 2.13. The van der Waals surface area contributed by atoms with Crippen LogP contribution in [0, 0.1) is 5.82 Å². The fourth-order valence-electron chi connectivity index (χ4n) is 1.82. The molecule has 0 saturated carbocycles. The summed E-state index contributed by atoms with van der Waals surface area (Å²) in [5, 5.41) is 0. The van der Waals surface area contributed by atoms with Gasteiger partial charge in [0.15, 0.2) is 0 Å². The molecule has 0 spiro atoms. The Morgan fingerprint density at radius 1 is 1.19 bits per heavy atom. The fourth-order valence-corrected chi connectivity index (χ4v) is 3.32. The Kier molecular flexibility index (Phi) is 4.97. The van der Waals surface area contributed by atoms with Gasteiger partial charge in [-0.15, -0.1) is 0 Å².